The summed E-state index contributed by atoms with van der Waals surface area (Å²) in [7, 11) is 1.52. The second-order valence-electron chi connectivity index (χ2n) is 2.99. The van der Waals surface area contributed by atoms with Crippen LogP contribution in [0.25, 0.3) is 0 Å². The Balaban J connectivity index is 4.74. The lowest BCUT2D eigenvalue weighted by Gasteiger charge is -2.11. The summed E-state index contributed by atoms with van der Waals surface area (Å²) in [5.74, 6) is -1.10. The lowest BCUT2D eigenvalue weighted by Crippen LogP contribution is -2.32. The molecule has 0 aliphatic heterocycles. The largest absolute Gasteiger partial charge is 0.465 e. The molecule has 0 atom stereocenters. The Bertz CT molecular complexity index is 371. The molecule has 2 N–H and O–H groups in total. The van der Waals surface area contributed by atoms with Crippen molar-refractivity contribution in [1.29, 1.82) is 5.26 Å². The fraction of sp³-hybridized carbons (Fsp3) is 0.545. The van der Waals surface area contributed by atoms with Crippen molar-refractivity contribution < 1.29 is 19.1 Å². The van der Waals surface area contributed by atoms with Crippen molar-refractivity contribution in [3.63, 3.8) is 0 Å². The topological polar surface area (TPSA) is 100 Å². The smallest absolute Gasteiger partial charge is 0.352 e. The van der Waals surface area contributed by atoms with Crippen LogP contribution in [0.15, 0.2) is 11.4 Å². The summed E-state index contributed by atoms with van der Waals surface area (Å²) in [4.78, 5) is 22.6. The molecule has 100 valence electrons. The molecule has 0 heterocycles. The summed E-state index contributed by atoms with van der Waals surface area (Å²) >= 11 is 0. The van der Waals surface area contributed by atoms with Crippen molar-refractivity contribution in [2.24, 2.45) is 0 Å². The number of rotatable bonds is 7. The van der Waals surface area contributed by atoms with Gasteiger partial charge >= 0.3 is 11.9 Å². The van der Waals surface area contributed by atoms with Crippen LogP contribution < -0.4 is 10.6 Å². The van der Waals surface area contributed by atoms with Crippen molar-refractivity contribution in [3.05, 3.63) is 11.4 Å². The zero-order valence-corrected chi connectivity index (χ0v) is 10.7. The molecule has 0 radical (unpaired) electrons. The highest BCUT2D eigenvalue weighted by Gasteiger charge is 2.16. The number of carbonyl (C=O) groups is 2. The fourth-order valence-electron chi connectivity index (χ4n) is 1.08. The number of esters is 2. The van der Waals surface area contributed by atoms with Crippen molar-refractivity contribution in [2.75, 3.05) is 26.8 Å². The van der Waals surface area contributed by atoms with E-state index in [-0.39, 0.29) is 31.2 Å². The van der Waals surface area contributed by atoms with Crippen LogP contribution in [0, 0.1) is 11.3 Å². The maximum atomic E-state index is 11.4. The van der Waals surface area contributed by atoms with Gasteiger partial charge in [-0.05, 0) is 13.8 Å². The standard InChI is InChI=1S/C11H17N3O4/c1-4-17-9(15)7-14-10(13-3)8(6-12)11(16)18-5-2/h13-14H,4-5,7H2,1-3H3/b10-8-. The molecule has 0 aliphatic rings. The summed E-state index contributed by atoms with van der Waals surface area (Å²) in [6.45, 7) is 3.61. The summed E-state index contributed by atoms with van der Waals surface area (Å²) in [5.41, 5.74) is -0.219. The Morgan fingerprint density at radius 1 is 1.22 bits per heavy atom. The molecule has 7 heteroatoms. The van der Waals surface area contributed by atoms with Gasteiger partial charge < -0.3 is 20.1 Å². The van der Waals surface area contributed by atoms with Gasteiger partial charge in [-0.2, -0.15) is 5.26 Å². The van der Waals surface area contributed by atoms with Gasteiger partial charge in [0.05, 0.1) is 13.2 Å². The number of nitrogens with zero attached hydrogens (tertiary/aromatic N) is 1. The zero-order chi connectivity index (χ0) is 14.0. The van der Waals surface area contributed by atoms with E-state index >= 15 is 0 Å². The van der Waals surface area contributed by atoms with E-state index in [1.807, 2.05) is 0 Å². The molecule has 0 aromatic rings. The van der Waals surface area contributed by atoms with Crippen LogP contribution in [0.3, 0.4) is 0 Å². The molecule has 0 saturated heterocycles. The minimum Gasteiger partial charge on any atom is -0.465 e. The van der Waals surface area contributed by atoms with E-state index in [0.717, 1.165) is 0 Å². The molecule has 0 amide bonds. The van der Waals surface area contributed by atoms with Gasteiger partial charge in [0.2, 0.25) is 0 Å². The second kappa shape index (κ2) is 8.87. The average Bonchev–Trinajstić information content (AvgIpc) is 2.34. The van der Waals surface area contributed by atoms with E-state index in [0.29, 0.717) is 0 Å². The van der Waals surface area contributed by atoms with Gasteiger partial charge in [-0.15, -0.1) is 0 Å². The molecule has 18 heavy (non-hydrogen) atoms. The lowest BCUT2D eigenvalue weighted by atomic mass is 10.3. The van der Waals surface area contributed by atoms with Crippen molar-refractivity contribution in [1.82, 2.24) is 10.6 Å². The SMILES string of the molecule is CCOC(=O)CN/C(NC)=C(/C#N)C(=O)OCC. The maximum absolute atomic E-state index is 11.4. The molecule has 0 unspecified atom stereocenters. The highest BCUT2D eigenvalue weighted by molar-refractivity contribution is 5.93. The summed E-state index contributed by atoms with van der Waals surface area (Å²) in [5, 5.41) is 14.1. The molecular formula is C11H17N3O4. The monoisotopic (exact) mass is 255 g/mol. The summed E-state index contributed by atoms with van der Waals surface area (Å²) in [6.07, 6.45) is 0. The average molecular weight is 255 g/mol. The van der Waals surface area contributed by atoms with Gasteiger partial charge in [0.15, 0.2) is 5.57 Å². The Hall–Kier alpha value is -2.23. The van der Waals surface area contributed by atoms with Gasteiger partial charge in [0, 0.05) is 7.05 Å². The highest BCUT2D eigenvalue weighted by Crippen LogP contribution is 2.00. The van der Waals surface area contributed by atoms with Gasteiger partial charge in [-0.3, -0.25) is 4.79 Å². The van der Waals surface area contributed by atoms with Crippen LogP contribution in [0.5, 0.6) is 0 Å². The van der Waals surface area contributed by atoms with E-state index in [4.69, 9.17) is 14.7 Å². The summed E-state index contributed by atoms with van der Waals surface area (Å²) < 4.78 is 9.42. The predicted octanol–water partition coefficient (Wildman–Crippen LogP) is -0.343. The minimum absolute atomic E-state index is 0.129. The molecule has 0 spiro atoms. The van der Waals surface area contributed by atoms with Crippen molar-refractivity contribution in [3.8, 4) is 6.07 Å². The number of ether oxygens (including phenoxy) is 2. The highest BCUT2D eigenvalue weighted by atomic mass is 16.5. The third-order valence-corrected chi connectivity index (χ3v) is 1.81. The molecule has 0 saturated carbocycles. The molecule has 0 rings (SSSR count). The fourth-order valence-corrected chi connectivity index (χ4v) is 1.08. The molecule has 0 bridgehead atoms. The van der Waals surface area contributed by atoms with Gasteiger partial charge in [0.25, 0.3) is 0 Å². The lowest BCUT2D eigenvalue weighted by molar-refractivity contribution is -0.142. The third kappa shape index (κ3) is 5.21. The quantitative estimate of drug-likeness (QED) is 0.364. The molecule has 0 aromatic heterocycles. The van der Waals surface area contributed by atoms with Gasteiger partial charge in [-0.25, -0.2) is 4.79 Å². The number of carbonyl (C=O) groups excluding carboxylic acids is 2. The van der Waals surface area contributed by atoms with Crippen LogP contribution in [0.1, 0.15) is 13.8 Å². The first-order chi connectivity index (χ1) is 8.60. The number of hydrogen-bond donors (Lipinski definition) is 2. The first-order valence-electron chi connectivity index (χ1n) is 5.49. The van der Waals surface area contributed by atoms with E-state index in [2.05, 4.69) is 10.6 Å². The van der Waals surface area contributed by atoms with Crippen LogP contribution in [0.2, 0.25) is 0 Å². The van der Waals surface area contributed by atoms with Gasteiger partial charge in [-0.1, -0.05) is 0 Å². The minimum atomic E-state index is -0.749. The van der Waals surface area contributed by atoms with Gasteiger partial charge in [0.1, 0.15) is 18.4 Å². The maximum Gasteiger partial charge on any atom is 0.352 e. The Morgan fingerprint density at radius 3 is 2.28 bits per heavy atom. The molecule has 0 aromatic carbocycles. The first kappa shape index (κ1) is 15.8. The van der Waals surface area contributed by atoms with Crippen molar-refractivity contribution >= 4 is 11.9 Å². The van der Waals surface area contributed by atoms with Crippen LogP contribution in [0.4, 0.5) is 0 Å². The Labute approximate surface area is 106 Å². The van der Waals surface area contributed by atoms with Crippen LogP contribution >= 0.6 is 0 Å². The number of nitriles is 1. The number of nitrogens with one attached hydrogen (secondary N) is 2. The van der Waals surface area contributed by atoms with Crippen molar-refractivity contribution in [2.45, 2.75) is 13.8 Å². The van der Waals surface area contributed by atoms with Crippen LogP contribution in [-0.2, 0) is 19.1 Å². The predicted molar refractivity (Wildman–Crippen MR) is 63.0 cm³/mol. The summed E-state index contributed by atoms with van der Waals surface area (Å²) in [6, 6.07) is 1.72. The normalized spacial score (nSPS) is 10.8. The Kier molecular flexibility index (Phi) is 7.77. The molecule has 7 nitrogen and oxygen atoms in total. The molecular weight excluding hydrogens is 238 g/mol. The first-order valence-corrected chi connectivity index (χ1v) is 5.49. The van der Waals surface area contributed by atoms with Crippen LogP contribution in [-0.4, -0.2) is 38.7 Å². The van der Waals surface area contributed by atoms with E-state index in [1.165, 1.54) is 7.05 Å². The van der Waals surface area contributed by atoms with E-state index < -0.39 is 11.9 Å². The Morgan fingerprint density at radius 2 is 1.83 bits per heavy atom. The van der Waals surface area contributed by atoms with E-state index in [1.54, 1.807) is 19.9 Å². The zero-order valence-electron chi connectivity index (χ0n) is 10.7. The third-order valence-electron chi connectivity index (χ3n) is 1.81. The molecule has 0 fully saturated rings. The second-order valence-corrected chi connectivity index (χ2v) is 2.99. The molecule has 0 aliphatic carbocycles. The number of hydrogen-bond acceptors (Lipinski definition) is 7. The van der Waals surface area contributed by atoms with E-state index in [9.17, 15) is 9.59 Å².